The van der Waals surface area contributed by atoms with Crippen LogP contribution in [0.3, 0.4) is 0 Å². The number of nitrogens with zero attached hydrogens (tertiary/aromatic N) is 1. The van der Waals surface area contributed by atoms with Gasteiger partial charge in [-0.05, 0) is 18.2 Å². The van der Waals surface area contributed by atoms with Crippen molar-refractivity contribution >= 4 is 28.8 Å². The molecule has 1 aromatic carbocycles. The third kappa shape index (κ3) is 1.38. The molecule has 0 atom stereocenters. The van der Waals surface area contributed by atoms with Gasteiger partial charge in [0.1, 0.15) is 4.99 Å². The first-order valence-corrected chi connectivity index (χ1v) is 4.31. The van der Waals surface area contributed by atoms with E-state index in [1.807, 2.05) is 30.3 Å². The summed E-state index contributed by atoms with van der Waals surface area (Å²) >= 11 is 5.02. The number of carbonyl (C=O) groups is 1. The van der Waals surface area contributed by atoms with Gasteiger partial charge in [0.2, 0.25) is 0 Å². The van der Waals surface area contributed by atoms with E-state index in [1.165, 1.54) is 11.0 Å². The summed E-state index contributed by atoms with van der Waals surface area (Å²) in [5, 5.41) is 0. The van der Waals surface area contributed by atoms with E-state index in [-0.39, 0.29) is 5.91 Å². The summed E-state index contributed by atoms with van der Waals surface area (Å²) in [7, 11) is 0. The summed E-state index contributed by atoms with van der Waals surface area (Å²) < 4.78 is 0. The highest BCUT2D eigenvalue weighted by atomic mass is 32.1. The van der Waals surface area contributed by atoms with Crippen molar-refractivity contribution in [3.63, 3.8) is 0 Å². The zero-order chi connectivity index (χ0) is 9.26. The van der Waals surface area contributed by atoms with E-state index in [9.17, 15) is 4.79 Å². The van der Waals surface area contributed by atoms with Crippen LogP contribution in [-0.4, -0.2) is 10.9 Å². The van der Waals surface area contributed by atoms with Crippen LogP contribution >= 0.6 is 12.2 Å². The Kier molecular flexibility index (Phi) is 1.94. The molecule has 2 rings (SSSR count). The summed E-state index contributed by atoms with van der Waals surface area (Å²) in [5.41, 5.74) is 0.822. The molecule has 0 saturated heterocycles. The molecule has 1 aliphatic heterocycles. The first-order chi connectivity index (χ1) is 6.29. The smallest absolute Gasteiger partial charge is 0.256 e. The molecular formula is C10H7NOS. The van der Waals surface area contributed by atoms with Crippen LogP contribution in [0.1, 0.15) is 0 Å². The fourth-order valence-electron chi connectivity index (χ4n) is 1.23. The lowest BCUT2D eigenvalue weighted by atomic mass is 10.3. The SMILES string of the molecule is O=C1C=CC(=S)N1c1ccccc1. The van der Waals surface area contributed by atoms with E-state index in [0.717, 1.165) is 5.69 Å². The van der Waals surface area contributed by atoms with Crippen molar-refractivity contribution in [2.45, 2.75) is 0 Å². The minimum atomic E-state index is -0.0730. The summed E-state index contributed by atoms with van der Waals surface area (Å²) in [6.07, 6.45) is 3.12. The van der Waals surface area contributed by atoms with Gasteiger partial charge in [-0.15, -0.1) is 0 Å². The maximum atomic E-state index is 11.3. The van der Waals surface area contributed by atoms with Crippen molar-refractivity contribution in [3.8, 4) is 0 Å². The number of hydrogen-bond acceptors (Lipinski definition) is 2. The lowest BCUT2D eigenvalue weighted by Crippen LogP contribution is -2.28. The normalized spacial score (nSPS) is 15.5. The molecular weight excluding hydrogens is 182 g/mol. The predicted octanol–water partition coefficient (Wildman–Crippen LogP) is 1.92. The van der Waals surface area contributed by atoms with E-state index in [2.05, 4.69) is 0 Å². The van der Waals surface area contributed by atoms with Gasteiger partial charge in [0.05, 0.1) is 5.69 Å². The van der Waals surface area contributed by atoms with Crippen molar-refractivity contribution in [2.75, 3.05) is 4.90 Å². The zero-order valence-corrected chi connectivity index (χ0v) is 7.62. The van der Waals surface area contributed by atoms with E-state index >= 15 is 0 Å². The topological polar surface area (TPSA) is 20.3 Å². The minimum Gasteiger partial charge on any atom is -0.269 e. The van der Waals surface area contributed by atoms with Crippen molar-refractivity contribution in [3.05, 3.63) is 42.5 Å². The Labute approximate surface area is 81.5 Å². The van der Waals surface area contributed by atoms with Crippen molar-refractivity contribution < 1.29 is 4.79 Å². The van der Waals surface area contributed by atoms with E-state index in [0.29, 0.717) is 4.99 Å². The van der Waals surface area contributed by atoms with Crippen LogP contribution < -0.4 is 4.90 Å². The van der Waals surface area contributed by atoms with Crippen molar-refractivity contribution in [2.24, 2.45) is 0 Å². The highest BCUT2D eigenvalue weighted by Gasteiger charge is 2.21. The number of carbonyl (C=O) groups excluding carboxylic acids is 1. The number of amides is 1. The quantitative estimate of drug-likeness (QED) is 0.629. The summed E-state index contributed by atoms with van der Waals surface area (Å²) in [6.45, 7) is 0. The Morgan fingerprint density at radius 1 is 1.08 bits per heavy atom. The van der Waals surface area contributed by atoms with Crippen LogP contribution in [0.5, 0.6) is 0 Å². The average molecular weight is 189 g/mol. The van der Waals surface area contributed by atoms with Gasteiger partial charge in [0.15, 0.2) is 0 Å². The Balaban J connectivity index is 2.38. The van der Waals surface area contributed by atoms with Gasteiger partial charge in [-0.2, -0.15) is 0 Å². The third-order valence-electron chi connectivity index (χ3n) is 1.82. The van der Waals surface area contributed by atoms with Crippen LogP contribution in [-0.2, 0) is 4.79 Å². The average Bonchev–Trinajstić information content (AvgIpc) is 2.48. The summed E-state index contributed by atoms with van der Waals surface area (Å²) in [5.74, 6) is -0.0730. The monoisotopic (exact) mass is 189 g/mol. The number of anilines is 1. The van der Waals surface area contributed by atoms with Crippen LogP contribution in [0.25, 0.3) is 0 Å². The van der Waals surface area contributed by atoms with Crippen molar-refractivity contribution in [1.82, 2.24) is 0 Å². The number of benzene rings is 1. The summed E-state index contributed by atoms with van der Waals surface area (Å²) in [6, 6.07) is 9.38. The molecule has 1 aliphatic rings. The molecule has 0 unspecified atom stereocenters. The van der Waals surface area contributed by atoms with Crippen LogP contribution in [0, 0.1) is 0 Å². The van der Waals surface area contributed by atoms with Gasteiger partial charge in [-0.3, -0.25) is 9.69 Å². The van der Waals surface area contributed by atoms with Crippen LogP contribution in [0.4, 0.5) is 5.69 Å². The Morgan fingerprint density at radius 3 is 2.31 bits per heavy atom. The second kappa shape index (κ2) is 3.11. The molecule has 13 heavy (non-hydrogen) atoms. The third-order valence-corrected chi connectivity index (χ3v) is 2.14. The molecule has 64 valence electrons. The number of thiocarbonyl (C=S) groups is 1. The molecule has 0 bridgehead atoms. The first kappa shape index (κ1) is 8.13. The molecule has 0 saturated carbocycles. The molecule has 0 aliphatic carbocycles. The van der Waals surface area contributed by atoms with Gasteiger partial charge in [0, 0.05) is 6.08 Å². The van der Waals surface area contributed by atoms with E-state index in [4.69, 9.17) is 12.2 Å². The van der Waals surface area contributed by atoms with Gasteiger partial charge in [-0.25, -0.2) is 0 Å². The first-order valence-electron chi connectivity index (χ1n) is 3.90. The van der Waals surface area contributed by atoms with E-state index in [1.54, 1.807) is 6.08 Å². The molecule has 1 amide bonds. The molecule has 1 aromatic rings. The van der Waals surface area contributed by atoms with Gasteiger partial charge >= 0.3 is 0 Å². The lowest BCUT2D eigenvalue weighted by molar-refractivity contribution is -0.113. The number of hydrogen-bond donors (Lipinski definition) is 0. The second-order valence-corrected chi connectivity index (χ2v) is 3.10. The molecule has 0 fully saturated rings. The predicted molar refractivity (Wildman–Crippen MR) is 55.7 cm³/mol. The molecule has 0 spiro atoms. The Morgan fingerprint density at radius 2 is 1.77 bits per heavy atom. The summed E-state index contributed by atoms with van der Waals surface area (Å²) in [4.78, 5) is 13.4. The largest absolute Gasteiger partial charge is 0.269 e. The van der Waals surface area contributed by atoms with E-state index < -0.39 is 0 Å². The van der Waals surface area contributed by atoms with Gasteiger partial charge in [-0.1, -0.05) is 30.4 Å². The minimum absolute atomic E-state index is 0.0730. The number of para-hydroxylation sites is 1. The second-order valence-electron chi connectivity index (χ2n) is 2.68. The van der Waals surface area contributed by atoms with Crippen molar-refractivity contribution in [1.29, 1.82) is 0 Å². The highest BCUT2D eigenvalue weighted by Crippen LogP contribution is 2.18. The Hall–Kier alpha value is -1.48. The molecule has 0 N–H and O–H groups in total. The van der Waals surface area contributed by atoms with Gasteiger partial charge < -0.3 is 0 Å². The molecule has 0 aromatic heterocycles. The molecule has 1 heterocycles. The zero-order valence-electron chi connectivity index (χ0n) is 6.81. The fourth-order valence-corrected chi connectivity index (χ4v) is 1.50. The molecule has 3 heteroatoms. The van der Waals surface area contributed by atoms with Crippen LogP contribution in [0.15, 0.2) is 42.5 Å². The van der Waals surface area contributed by atoms with Gasteiger partial charge in [0.25, 0.3) is 5.91 Å². The molecule has 0 radical (unpaired) electrons. The standard InChI is InChI=1S/C10H7NOS/c12-9-6-7-10(13)11(9)8-4-2-1-3-5-8/h1-7H. The van der Waals surface area contributed by atoms with Crippen LogP contribution in [0.2, 0.25) is 0 Å². The number of rotatable bonds is 1. The lowest BCUT2D eigenvalue weighted by Gasteiger charge is -2.15. The highest BCUT2D eigenvalue weighted by molar-refractivity contribution is 7.81. The fraction of sp³-hybridized carbons (Fsp3) is 0. The maximum absolute atomic E-state index is 11.3. The maximum Gasteiger partial charge on any atom is 0.256 e. The molecule has 2 nitrogen and oxygen atoms in total. The Bertz CT molecular complexity index is 365.